The van der Waals surface area contributed by atoms with Gasteiger partial charge in [0.1, 0.15) is 17.3 Å². The largest absolute Gasteiger partial charge is 0.495 e. The van der Waals surface area contributed by atoms with E-state index in [1.165, 1.54) is 0 Å². The fourth-order valence-corrected chi connectivity index (χ4v) is 2.71. The molecule has 0 aliphatic carbocycles. The van der Waals surface area contributed by atoms with Crippen LogP contribution in [0.15, 0.2) is 42.6 Å². The zero-order valence-corrected chi connectivity index (χ0v) is 16.0. The second-order valence-electron chi connectivity index (χ2n) is 5.70. The number of nitrogens with zero attached hydrogens (tertiary/aromatic N) is 3. The Morgan fingerprint density at radius 2 is 1.85 bits per heavy atom. The van der Waals surface area contributed by atoms with Gasteiger partial charge >= 0.3 is 0 Å². The highest BCUT2D eigenvalue weighted by atomic mass is 35.5. The number of aromatic nitrogens is 3. The lowest BCUT2D eigenvalue weighted by Crippen LogP contribution is -2.07. The van der Waals surface area contributed by atoms with Crippen molar-refractivity contribution in [3.05, 3.63) is 59.0 Å². The lowest BCUT2D eigenvalue weighted by atomic mass is 10.2. The van der Waals surface area contributed by atoms with E-state index < -0.39 is 0 Å². The van der Waals surface area contributed by atoms with Crippen LogP contribution in [0.25, 0.3) is 0 Å². The van der Waals surface area contributed by atoms with E-state index in [4.69, 9.17) is 21.1 Å². The minimum atomic E-state index is 0.432. The quantitative estimate of drug-likeness (QED) is 0.630. The van der Waals surface area contributed by atoms with E-state index in [9.17, 15) is 0 Å². The lowest BCUT2D eigenvalue weighted by Gasteiger charge is -2.14. The molecule has 8 heteroatoms. The van der Waals surface area contributed by atoms with Gasteiger partial charge in [0, 0.05) is 30.1 Å². The molecule has 0 spiro atoms. The molecule has 0 radical (unpaired) electrons. The maximum atomic E-state index is 6.15. The van der Waals surface area contributed by atoms with Gasteiger partial charge in [0.15, 0.2) is 0 Å². The van der Waals surface area contributed by atoms with Crippen molar-refractivity contribution >= 4 is 29.1 Å². The zero-order valence-electron chi connectivity index (χ0n) is 15.3. The Hall–Kier alpha value is -3.06. The first-order chi connectivity index (χ1) is 13.1. The predicted octanol–water partition coefficient (Wildman–Crippen LogP) is 4.21. The van der Waals surface area contributed by atoms with Crippen LogP contribution in [0.5, 0.6) is 11.5 Å². The average molecular weight is 386 g/mol. The van der Waals surface area contributed by atoms with Crippen molar-refractivity contribution in [3.8, 4) is 11.5 Å². The summed E-state index contributed by atoms with van der Waals surface area (Å²) in [5, 5.41) is 6.88. The summed E-state index contributed by atoms with van der Waals surface area (Å²) in [5.74, 6) is 2.21. The van der Waals surface area contributed by atoms with Crippen molar-refractivity contribution in [1.82, 2.24) is 15.0 Å². The van der Waals surface area contributed by atoms with E-state index in [0.717, 1.165) is 11.4 Å². The Balaban J connectivity index is 1.82. The molecule has 2 heterocycles. The summed E-state index contributed by atoms with van der Waals surface area (Å²) in [4.78, 5) is 13.2. The number of nitrogens with one attached hydrogen (secondary N) is 2. The number of anilines is 3. The number of aryl methyl sites for hydroxylation is 1. The van der Waals surface area contributed by atoms with Crippen LogP contribution in [-0.4, -0.2) is 29.2 Å². The molecule has 0 amide bonds. The third kappa shape index (κ3) is 4.77. The van der Waals surface area contributed by atoms with Crippen LogP contribution >= 0.6 is 11.6 Å². The second kappa shape index (κ2) is 8.55. The number of halogens is 1. The molecule has 0 bridgehead atoms. The number of benzene rings is 1. The van der Waals surface area contributed by atoms with Gasteiger partial charge in [-0.2, -0.15) is 4.98 Å². The van der Waals surface area contributed by atoms with Crippen LogP contribution in [-0.2, 0) is 6.54 Å². The van der Waals surface area contributed by atoms with Gasteiger partial charge in [-0.05, 0) is 19.1 Å². The molecule has 27 heavy (non-hydrogen) atoms. The first kappa shape index (κ1) is 18.7. The summed E-state index contributed by atoms with van der Waals surface area (Å²) in [6, 6.07) is 11.1. The van der Waals surface area contributed by atoms with Crippen molar-refractivity contribution < 1.29 is 9.47 Å². The van der Waals surface area contributed by atoms with Gasteiger partial charge in [-0.3, -0.25) is 4.98 Å². The molecule has 0 atom stereocenters. The first-order valence-corrected chi connectivity index (χ1v) is 8.65. The molecular formula is C19H20ClN5O2. The Bertz CT molecular complexity index is 921. The highest BCUT2D eigenvalue weighted by molar-refractivity contribution is 6.32. The second-order valence-corrected chi connectivity index (χ2v) is 6.11. The molecule has 140 valence electrons. The summed E-state index contributed by atoms with van der Waals surface area (Å²) < 4.78 is 10.7. The smallest absolute Gasteiger partial charge is 0.229 e. The summed E-state index contributed by atoms with van der Waals surface area (Å²) in [5.41, 5.74) is 2.39. The van der Waals surface area contributed by atoms with Crippen molar-refractivity contribution in [2.24, 2.45) is 0 Å². The Kier molecular flexibility index (Phi) is 5.93. The molecule has 0 saturated carbocycles. The first-order valence-electron chi connectivity index (χ1n) is 8.27. The maximum Gasteiger partial charge on any atom is 0.229 e. The molecule has 7 nitrogen and oxygen atoms in total. The standard InChI is InChI=1S/C19H20ClN5O2/c1-12-8-18(22-11-13-6-4-5-7-21-13)25-19(23-12)24-15-10-16(26-2)14(20)9-17(15)27-3/h4-10H,11H2,1-3H3,(H2,22,23,24,25). The monoisotopic (exact) mass is 385 g/mol. The molecule has 0 fully saturated rings. The molecule has 0 unspecified atom stereocenters. The van der Waals surface area contributed by atoms with E-state index in [2.05, 4.69) is 25.6 Å². The molecule has 3 aromatic rings. The van der Waals surface area contributed by atoms with Crippen molar-refractivity contribution in [3.63, 3.8) is 0 Å². The maximum absolute atomic E-state index is 6.15. The Labute approximate surface area is 162 Å². The van der Waals surface area contributed by atoms with E-state index in [1.807, 2.05) is 31.2 Å². The third-order valence-electron chi connectivity index (χ3n) is 3.75. The van der Waals surface area contributed by atoms with Gasteiger partial charge in [-0.15, -0.1) is 0 Å². The van der Waals surface area contributed by atoms with Crippen LogP contribution < -0.4 is 20.1 Å². The van der Waals surface area contributed by atoms with Gasteiger partial charge in [-0.1, -0.05) is 17.7 Å². The van der Waals surface area contributed by atoms with Crippen LogP contribution in [0.2, 0.25) is 5.02 Å². The zero-order chi connectivity index (χ0) is 19.2. The summed E-state index contributed by atoms with van der Waals surface area (Å²) in [6.07, 6.45) is 1.76. The average Bonchev–Trinajstić information content (AvgIpc) is 2.68. The topological polar surface area (TPSA) is 81.2 Å². The Morgan fingerprint density at radius 3 is 2.56 bits per heavy atom. The normalized spacial score (nSPS) is 10.4. The van der Waals surface area contributed by atoms with E-state index in [1.54, 1.807) is 32.5 Å². The molecule has 2 aromatic heterocycles. The van der Waals surface area contributed by atoms with Gasteiger partial charge < -0.3 is 20.1 Å². The van der Waals surface area contributed by atoms with Gasteiger partial charge in [0.05, 0.1) is 37.2 Å². The summed E-state index contributed by atoms with van der Waals surface area (Å²) >= 11 is 6.15. The van der Waals surface area contributed by atoms with Gasteiger partial charge in [-0.25, -0.2) is 4.98 Å². The van der Waals surface area contributed by atoms with Crippen molar-refractivity contribution in [2.75, 3.05) is 24.9 Å². The van der Waals surface area contributed by atoms with E-state index in [-0.39, 0.29) is 0 Å². The molecule has 2 N–H and O–H groups in total. The SMILES string of the molecule is COc1cc(Nc2nc(C)cc(NCc3ccccn3)n2)c(OC)cc1Cl. The van der Waals surface area contributed by atoms with Crippen molar-refractivity contribution in [1.29, 1.82) is 0 Å². The third-order valence-corrected chi connectivity index (χ3v) is 4.05. The number of hydrogen-bond acceptors (Lipinski definition) is 7. The minimum Gasteiger partial charge on any atom is -0.495 e. The molecule has 0 saturated heterocycles. The summed E-state index contributed by atoms with van der Waals surface area (Å²) in [6.45, 7) is 2.47. The molecular weight excluding hydrogens is 366 g/mol. The molecule has 3 rings (SSSR count). The number of hydrogen-bond donors (Lipinski definition) is 2. The van der Waals surface area contributed by atoms with Crippen LogP contribution in [0.4, 0.5) is 17.5 Å². The highest BCUT2D eigenvalue weighted by Gasteiger charge is 2.12. The fourth-order valence-electron chi connectivity index (χ4n) is 2.48. The lowest BCUT2D eigenvalue weighted by molar-refractivity contribution is 0.405. The van der Waals surface area contributed by atoms with E-state index >= 15 is 0 Å². The predicted molar refractivity (Wildman–Crippen MR) is 106 cm³/mol. The number of ether oxygens (including phenoxy) is 2. The van der Waals surface area contributed by atoms with Crippen LogP contribution in [0, 0.1) is 6.92 Å². The Morgan fingerprint density at radius 1 is 1.04 bits per heavy atom. The van der Waals surface area contributed by atoms with Gasteiger partial charge in [0.2, 0.25) is 5.95 Å². The van der Waals surface area contributed by atoms with E-state index in [0.29, 0.717) is 40.5 Å². The van der Waals surface area contributed by atoms with Crippen LogP contribution in [0.1, 0.15) is 11.4 Å². The summed E-state index contributed by atoms with van der Waals surface area (Å²) in [7, 11) is 3.13. The van der Waals surface area contributed by atoms with Crippen LogP contribution in [0.3, 0.4) is 0 Å². The number of pyridine rings is 1. The number of rotatable bonds is 7. The van der Waals surface area contributed by atoms with Crippen molar-refractivity contribution in [2.45, 2.75) is 13.5 Å². The molecule has 0 aliphatic heterocycles. The fraction of sp³-hybridized carbons (Fsp3) is 0.211. The van der Waals surface area contributed by atoms with Gasteiger partial charge in [0.25, 0.3) is 0 Å². The molecule has 1 aromatic carbocycles. The minimum absolute atomic E-state index is 0.432. The highest BCUT2D eigenvalue weighted by Crippen LogP contribution is 2.37. The molecule has 0 aliphatic rings. The number of methoxy groups -OCH3 is 2.